The fraction of sp³-hybridized carbons (Fsp3) is 0.833. The van der Waals surface area contributed by atoms with Gasteiger partial charge in [0.05, 0.1) is 12.6 Å². The fourth-order valence-corrected chi connectivity index (χ4v) is 1.63. The Labute approximate surface area is 119 Å². The molecule has 0 aromatic rings. The number of piperazine rings is 1. The summed E-state index contributed by atoms with van der Waals surface area (Å²) in [5.74, 6) is -0.103. The number of nitrogens with one attached hydrogen (secondary N) is 1. The number of aliphatic hydroxyl groups excluding tert-OH is 1. The average molecular weight is 295 g/mol. The molecule has 0 aliphatic carbocycles. The SMILES string of the molecule is CC(C)(C)OC=O.O=C(CCl)N1CCNC[C@@H]1CO. The van der Waals surface area contributed by atoms with Crippen LogP contribution in [-0.2, 0) is 14.3 Å². The molecule has 19 heavy (non-hydrogen) atoms. The average Bonchev–Trinajstić information content (AvgIpc) is 2.37. The van der Waals surface area contributed by atoms with Gasteiger partial charge in [0.15, 0.2) is 0 Å². The summed E-state index contributed by atoms with van der Waals surface area (Å²) >= 11 is 5.41. The Kier molecular flexibility index (Phi) is 8.71. The first-order valence-corrected chi connectivity index (χ1v) is 6.67. The van der Waals surface area contributed by atoms with E-state index in [1.165, 1.54) is 0 Å². The van der Waals surface area contributed by atoms with E-state index in [0.29, 0.717) is 19.6 Å². The zero-order valence-corrected chi connectivity index (χ0v) is 12.4. The minimum absolute atomic E-state index is 0.00347. The van der Waals surface area contributed by atoms with Crippen LogP contribution in [0.15, 0.2) is 0 Å². The van der Waals surface area contributed by atoms with Gasteiger partial charge in [0.2, 0.25) is 5.91 Å². The molecule has 0 unspecified atom stereocenters. The Morgan fingerprint density at radius 1 is 1.58 bits per heavy atom. The first-order chi connectivity index (χ1) is 8.85. The van der Waals surface area contributed by atoms with E-state index in [4.69, 9.17) is 16.7 Å². The second-order valence-corrected chi connectivity index (χ2v) is 5.35. The highest BCUT2D eigenvalue weighted by Crippen LogP contribution is 2.03. The van der Waals surface area contributed by atoms with E-state index < -0.39 is 0 Å². The van der Waals surface area contributed by atoms with Gasteiger partial charge in [0.25, 0.3) is 6.47 Å². The van der Waals surface area contributed by atoms with Crippen molar-refractivity contribution in [2.75, 3.05) is 32.1 Å². The lowest BCUT2D eigenvalue weighted by Crippen LogP contribution is -2.55. The monoisotopic (exact) mass is 294 g/mol. The molecule has 1 rings (SSSR count). The molecule has 1 heterocycles. The molecule has 0 spiro atoms. The van der Waals surface area contributed by atoms with Crippen molar-refractivity contribution in [3.05, 3.63) is 0 Å². The molecule has 0 radical (unpaired) electrons. The summed E-state index contributed by atoms with van der Waals surface area (Å²) in [7, 11) is 0. The van der Waals surface area contributed by atoms with Gasteiger partial charge >= 0.3 is 0 Å². The van der Waals surface area contributed by atoms with E-state index in [9.17, 15) is 9.59 Å². The molecule has 0 aromatic carbocycles. The maximum absolute atomic E-state index is 11.2. The molecular formula is C12H23ClN2O4. The lowest BCUT2D eigenvalue weighted by atomic mass is 10.2. The van der Waals surface area contributed by atoms with Gasteiger partial charge in [-0.2, -0.15) is 0 Å². The normalized spacial score (nSPS) is 19.2. The highest BCUT2D eigenvalue weighted by Gasteiger charge is 2.24. The smallest absolute Gasteiger partial charge is 0.293 e. The molecular weight excluding hydrogens is 272 g/mol. The van der Waals surface area contributed by atoms with Crippen molar-refractivity contribution in [1.29, 1.82) is 0 Å². The van der Waals surface area contributed by atoms with Gasteiger partial charge < -0.3 is 20.1 Å². The molecule has 2 N–H and O–H groups in total. The number of carbonyl (C=O) groups excluding carboxylic acids is 2. The van der Waals surface area contributed by atoms with Gasteiger partial charge in [0.1, 0.15) is 11.5 Å². The lowest BCUT2D eigenvalue weighted by Gasteiger charge is -2.34. The predicted octanol–water partition coefficient (Wildman–Crippen LogP) is -0.0242. The summed E-state index contributed by atoms with van der Waals surface area (Å²) in [6, 6.07) is -0.106. The van der Waals surface area contributed by atoms with Crippen molar-refractivity contribution in [1.82, 2.24) is 10.2 Å². The maximum atomic E-state index is 11.2. The quantitative estimate of drug-likeness (QED) is 0.565. The van der Waals surface area contributed by atoms with Crippen LogP contribution in [0, 0.1) is 0 Å². The molecule has 0 bridgehead atoms. The molecule has 0 saturated carbocycles. The van der Waals surface area contributed by atoms with Crippen molar-refractivity contribution in [3.8, 4) is 0 Å². The summed E-state index contributed by atoms with van der Waals surface area (Å²) in [6.07, 6.45) is 0. The van der Waals surface area contributed by atoms with Gasteiger partial charge in [-0.1, -0.05) is 0 Å². The second-order valence-electron chi connectivity index (χ2n) is 5.09. The van der Waals surface area contributed by atoms with Gasteiger partial charge in [0, 0.05) is 19.6 Å². The lowest BCUT2D eigenvalue weighted by molar-refractivity contribution is -0.138. The van der Waals surface area contributed by atoms with Crippen LogP contribution >= 0.6 is 11.6 Å². The third kappa shape index (κ3) is 8.02. The highest BCUT2D eigenvalue weighted by molar-refractivity contribution is 6.27. The Morgan fingerprint density at radius 2 is 2.21 bits per heavy atom. The molecule has 1 aliphatic heterocycles. The number of ether oxygens (including phenoxy) is 1. The van der Waals surface area contributed by atoms with Crippen LogP contribution in [0.25, 0.3) is 0 Å². The van der Waals surface area contributed by atoms with Crippen LogP contribution in [0.3, 0.4) is 0 Å². The number of amides is 1. The Bertz CT molecular complexity index is 281. The van der Waals surface area contributed by atoms with Crippen LogP contribution in [0.5, 0.6) is 0 Å². The number of halogens is 1. The standard InChI is InChI=1S/C7H13ClN2O2.C5H10O2/c8-3-7(12)10-2-1-9-4-6(10)5-11;1-5(2,3)7-4-6/h6,9,11H,1-5H2;4H,1-3H3/t6-;/m1./s1. The van der Waals surface area contributed by atoms with E-state index in [-0.39, 0.29) is 30.0 Å². The third-order valence-electron chi connectivity index (χ3n) is 2.40. The highest BCUT2D eigenvalue weighted by atomic mass is 35.5. The van der Waals surface area contributed by atoms with E-state index >= 15 is 0 Å². The van der Waals surface area contributed by atoms with E-state index in [2.05, 4.69) is 10.1 Å². The van der Waals surface area contributed by atoms with Gasteiger partial charge in [-0.15, -0.1) is 11.6 Å². The molecule has 6 nitrogen and oxygen atoms in total. The summed E-state index contributed by atoms with van der Waals surface area (Å²) < 4.78 is 4.55. The number of alkyl halides is 1. The number of rotatable bonds is 3. The third-order valence-corrected chi connectivity index (χ3v) is 2.63. The largest absolute Gasteiger partial charge is 0.462 e. The first-order valence-electron chi connectivity index (χ1n) is 6.14. The maximum Gasteiger partial charge on any atom is 0.293 e. The van der Waals surface area contributed by atoms with E-state index in [1.54, 1.807) is 4.90 Å². The molecule has 1 aliphatic rings. The summed E-state index contributed by atoms with van der Waals surface area (Å²) in [5.41, 5.74) is -0.318. The number of carbonyl (C=O) groups is 2. The van der Waals surface area contributed by atoms with Gasteiger partial charge in [-0.25, -0.2) is 0 Å². The van der Waals surface area contributed by atoms with Crippen molar-refractivity contribution >= 4 is 24.0 Å². The van der Waals surface area contributed by atoms with Crippen LogP contribution in [0.4, 0.5) is 0 Å². The Morgan fingerprint density at radius 3 is 2.58 bits per heavy atom. The molecule has 1 saturated heterocycles. The van der Waals surface area contributed by atoms with Gasteiger partial charge in [-0.05, 0) is 20.8 Å². The molecule has 0 aromatic heterocycles. The molecule has 1 fully saturated rings. The Balaban J connectivity index is 0.000000399. The van der Waals surface area contributed by atoms with Gasteiger partial charge in [-0.3, -0.25) is 9.59 Å². The minimum Gasteiger partial charge on any atom is -0.462 e. The van der Waals surface area contributed by atoms with Crippen LogP contribution in [-0.4, -0.2) is 66.1 Å². The summed E-state index contributed by atoms with van der Waals surface area (Å²) in [5, 5.41) is 12.0. The molecule has 1 atom stereocenters. The minimum atomic E-state index is -0.318. The first kappa shape index (κ1) is 18.1. The van der Waals surface area contributed by atoms with Crippen LogP contribution < -0.4 is 5.32 Å². The van der Waals surface area contributed by atoms with E-state index in [1.807, 2.05) is 20.8 Å². The number of nitrogens with zero attached hydrogens (tertiary/aromatic N) is 1. The molecule has 1 amide bonds. The molecule has 7 heteroatoms. The second kappa shape index (κ2) is 9.12. The zero-order valence-electron chi connectivity index (χ0n) is 11.7. The summed E-state index contributed by atoms with van der Waals surface area (Å²) in [6.45, 7) is 7.98. The fourth-order valence-electron chi connectivity index (χ4n) is 1.47. The zero-order chi connectivity index (χ0) is 14.9. The topological polar surface area (TPSA) is 78.9 Å². The van der Waals surface area contributed by atoms with Crippen molar-refractivity contribution in [2.24, 2.45) is 0 Å². The van der Waals surface area contributed by atoms with E-state index in [0.717, 1.165) is 6.54 Å². The van der Waals surface area contributed by atoms with Crippen LogP contribution in [0.2, 0.25) is 0 Å². The number of hydrogen-bond acceptors (Lipinski definition) is 5. The number of aliphatic hydroxyl groups is 1. The molecule has 112 valence electrons. The van der Waals surface area contributed by atoms with Crippen molar-refractivity contribution in [3.63, 3.8) is 0 Å². The summed E-state index contributed by atoms with van der Waals surface area (Å²) in [4.78, 5) is 22.4. The Hall–Kier alpha value is -0.850. The van der Waals surface area contributed by atoms with Crippen molar-refractivity contribution < 1.29 is 19.4 Å². The van der Waals surface area contributed by atoms with Crippen LogP contribution in [0.1, 0.15) is 20.8 Å². The number of hydrogen-bond donors (Lipinski definition) is 2. The predicted molar refractivity (Wildman–Crippen MR) is 73.1 cm³/mol. The van der Waals surface area contributed by atoms with Crippen molar-refractivity contribution in [2.45, 2.75) is 32.4 Å².